The molecule has 1 aromatic carbocycles. The van der Waals surface area contributed by atoms with Crippen LogP contribution >= 0.6 is 0 Å². The van der Waals surface area contributed by atoms with Gasteiger partial charge in [0.1, 0.15) is 5.82 Å². The molecule has 0 bridgehead atoms. The van der Waals surface area contributed by atoms with Gasteiger partial charge >= 0.3 is 0 Å². The van der Waals surface area contributed by atoms with Gasteiger partial charge < -0.3 is 4.90 Å². The molecule has 0 N–H and O–H groups in total. The predicted molar refractivity (Wildman–Crippen MR) is 70.1 cm³/mol. The second kappa shape index (κ2) is 5.09. The topological polar surface area (TPSA) is 20.3 Å². The Hall–Kier alpha value is -1.38. The fraction of sp³-hybridized carbons (Fsp3) is 0.533. The zero-order valence-corrected chi connectivity index (χ0v) is 11.3. The number of carbonyl (C=O) groups excluding carboxylic acids is 1. The summed E-state index contributed by atoms with van der Waals surface area (Å²) in [5.74, 6) is 0.273. The summed E-state index contributed by atoms with van der Waals surface area (Å²) in [6.07, 6.45) is 1.72. The largest absolute Gasteiger partial charge is 0.343 e. The first-order valence-corrected chi connectivity index (χ1v) is 6.52. The molecule has 0 spiro atoms. The van der Waals surface area contributed by atoms with E-state index in [4.69, 9.17) is 0 Å². The summed E-state index contributed by atoms with van der Waals surface area (Å²) in [5, 5.41) is 0. The van der Waals surface area contributed by atoms with E-state index in [0.29, 0.717) is 0 Å². The van der Waals surface area contributed by atoms with Gasteiger partial charge in [-0.25, -0.2) is 4.39 Å². The highest BCUT2D eigenvalue weighted by Crippen LogP contribution is 2.33. The normalized spacial score (nSPS) is 17.0. The number of nitrogens with zero attached hydrogens (tertiary/aromatic N) is 1. The molecule has 1 aliphatic rings. The van der Waals surface area contributed by atoms with E-state index in [2.05, 4.69) is 0 Å². The van der Waals surface area contributed by atoms with Crippen LogP contribution in [0.2, 0.25) is 0 Å². The van der Waals surface area contributed by atoms with Gasteiger partial charge in [0.2, 0.25) is 5.91 Å². The molecule has 0 saturated carbocycles. The Morgan fingerprint density at radius 1 is 1.28 bits per heavy atom. The number of hydrogen-bond donors (Lipinski definition) is 0. The zero-order valence-electron chi connectivity index (χ0n) is 11.3. The molecule has 1 aliphatic heterocycles. The number of amides is 1. The van der Waals surface area contributed by atoms with E-state index in [0.717, 1.165) is 42.6 Å². The summed E-state index contributed by atoms with van der Waals surface area (Å²) in [7, 11) is 0. The molecule has 3 heteroatoms. The highest BCUT2D eigenvalue weighted by atomic mass is 19.1. The third kappa shape index (κ3) is 2.40. The van der Waals surface area contributed by atoms with Crippen LogP contribution in [-0.4, -0.2) is 23.9 Å². The quantitative estimate of drug-likeness (QED) is 0.748. The van der Waals surface area contributed by atoms with Crippen LogP contribution in [0.3, 0.4) is 0 Å². The van der Waals surface area contributed by atoms with Gasteiger partial charge in [-0.05, 0) is 55.4 Å². The monoisotopic (exact) mass is 249 g/mol. The lowest BCUT2D eigenvalue weighted by atomic mass is 9.85. The smallest absolute Gasteiger partial charge is 0.219 e. The van der Waals surface area contributed by atoms with Crippen molar-refractivity contribution in [3.63, 3.8) is 0 Å². The fourth-order valence-corrected chi connectivity index (χ4v) is 2.79. The number of carbonyl (C=O) groups is 1. The van der Waals surface area contributed by atoms with Crippen LogP contribution in [-0.2, 0) is 4.79 Å². The number of piperidine rings is 1. The van der Waals surface area contributed by atoms with Crippen molar-refractivity contribution in [2.24, 2.45) is 0 Å². The minimum Gasteiger partial charge on any atom is -0.343 e. The van der Waals surface area contributed by atoms with Gasteiger partial charge in [-0.1, -0.05) is 6.07 Å². The maximum atomic E-state index is 14.0. The van der Waals surface area contributed by atoms with E-state index in [1.165, 1.54) is 0 Å². The SMILES string of the molecule is CC(=O)N1CCC(c2c(F)ccc(C)c2C)CC1. The zero-order chi connectivity index (χ0) is 13.3. The number of rotatable bonds is 1. The van der Waals surface area contributed by atoms with Gasteiger partial charge in [0.15, 0.2) is 0 Å². The molecule has 0 aliphatic carbocycles. The maximum Gasteiger partial charge on any atom is 0.219 e. The third-order valence-corrected chi connectivity index (χ3v) is 4.08. The molecule has 1 aromatic rings. The van der Waals surface area contributed by atoms with Gasteiger partial charge in [0, 0.05) is 20.0 Å². The van der Waals surface area contributed by atoms with Crippen LogP contribution in [0, 0.1) is 19.7 Å². The van der Waals surface area contributed by atoms with E-state index in [1.807, 2.05) is 24.8 Å². The molecule has 2 nitrogen and oxygen atoms in total. The van der Waals surface area contributed by atoms with Crippen molar-refractivity contribution in [2.75, 3.05) is 13.1 Å². The Labute approximate surface area is 108 Å². The van der Waals surface area contributed by atoms with Crippen molar-refractivity contribution < 1.29 is 9.18 Å². The molecule has 18 heavy (non-hydrogen) atoms. The third-order valence-electron chi connectivity index (χ3n) is 4.08. The second-order valence-electron chi connectivity index (χ2n) is 5.18. The van der Waals surface area contributed by atoms with E-state index in [-0.39, 0.29) is 17.6 Å². The van der Waals surface area contributed by atoms with Crippen LogP contribution in [0.4, 0.5) is 4.39 Å². The molecule has 1 saturated heterocycles. The minimum atomic E-state index is -0.0978. The van der Waals surface area contributed by atoms with Crippen molar-refractivity contribution >= 4 is 5.91 Å². The first-order valence-electron chi connectivity index (χ1n) is 6.52. The number of benzene rings is 1. The van der Waals surface area contributed by atoms with Crippen molar-refractivity contribution in [2.45, 2.75) is 39.5 Å². The lowest BCUT2D eigenvalue weighted by molar-refractivity contribution is -0.129. The standard InChI is InChI=1S/C15H20FNO/c1-10-4-5-14(16)15(11(10)2)13-6-8-17(9-7-13)12(3)18/h4-5,13H,6-9H2,1-3H3. The molecule has 1 amide bonds. The van der Waals surface area contributed by atoms with E-state index in [9.17, 15) is 9.18 Å². The summed E-state index contributed by atoms with van der Waals surface area (Å²) >= 11 is 0. The second-order valence-corrected chi connectivity index (χ2v) is 5.18. The van der Waals surface area contributed by atoms with Crippen molar-refractivity contribution in [3.05, 3.63) is 34.6 Å². The Morgan fingerprint density at radius 3 is 2.44 bits per heavy atom. The summed E-state index contributed by atoms with van der Waals surface area (Å²) < 4.78 is 14.0. The van der Waals surface area contributed by atoms with Crippen molar-refractivity contribution in [1.82, 2.24) is 4.90 Å². The minimum absolute atomic E-state index is 0.0978. The summed E-state index contributed by atoms with van der Waals surface area (Å²) in [6.45, 7) is 7.09. The molecular formula is C15H20FNO. The van der Waals surface area contributed by atoms with Gasteiger partial charge in [-0.15, -0.1) is 0 Å². The highest BCUT2D eigenvalue weighted by Gasteiger charge is 2.25. The molecule has 1 heterocycles. The molecule has 2 rings (SSSR count). The first kappa shape index (κ1) is 13.1. The first-order chi connectivity index (χ1) is 8.50. The lowest BCUT2D eigenvalue weighted by Gasteiger charge is -2.32. The average molecular weight is 249 g/mol. The molecule has 0 atom stereocenters. The van der Waals surface area contributed by atoms with Gasteiger partial charge in [0.05, 0.1) is 0 Å². The van der Waals surface area contributed by atoms with Crippen LogP contribution in [0.25, 0.3) is 0 Å². The van der Waals surface area contributed by atoms with Crippen molar-refractivity contribution in [3.8, 4) is 0 Å². The van der Waals surface area contributed by atoms with E-state index in [1.54, 1.807) is 13.0 Å². The van der Waals surface area contributed by atoms with E-state index >= 15 is 0 Å². The molecule has 0 aromatic heterocycles. The van der Waals surface area contributed by atoms with E-state index < -0.39 is 0 Å². The Morgan fingerprint density at radius 2 is 1.89 bits per heavy atom. The summed E-state index contributed by atoms with van der Waals surface area (Å²) in [4.78, 5) is 13.1. The van der Waals surface area contributed by atoms with Gasteiger partial charge in [-0.2, -0.15) is 0 Å². The van der Waals surface area contributed by atoms with Gasteiger partial charge in [-0.3, -0.25) is 4.79 Å². The lowest BCUT2D eigenvalue weighted by Crippen LogP contribution is -2.36. The fourth-order valence-electron chi connectivity index (χ4n) is 2.79. The molecule has 98 valence electrons. The number of halogens is 1. The Kier molecular flexibility index (Phi) is 3.69. The average Bonchev–Trinajstić information content (AvgIpc) is 2.35. The Bertz CT molecular complexity index is 462. The number of likely N-dealkylation sites (tertiary alicyclic amines) is 1. The summed E-state index contributed by atoms with van der Waals surface area (Å²) in [5.41, 5.74) is 3.06. The number of hydrogen-bond acceptors (Lipinski definition) is 1. The molecular weight excluding hydrogens is 229 g/mol. The molecule has 1 fully saturated rings. The van der Waals surface area contributed by atoms with Crippen LogP contribution in [0.1, 0.15) is 42.4 Å². The Balaban J connectivity index is 2.20. The highest BCUT2D eigenvalue weighted by molar-refractivity contribution is 5.73. The van der Waals surface area contributed by atoms with Crippen LogP contribution < -0.4 is 0 Å². The molecule has 0 unspecified atom stereocenters. The summed E-state index contributed by atoms with van der Waals surface area (Å²) in [6, 6.07) is 3.40. The number of aryl methyl sites for hydroxylation is 1. The predicted octanol–water partition coefficient (Wildman–Crippen LogP) is 3.17. The maximum absolute atomic E-state index is 14.0. The van der Waals surface area contributed by atoms with Crippen LogP contribution in [0.5, 0.6) is 0 Å². The van der Waals surface area contributed by atoms with Crippen molar-refractivity contribution in [1.29, 1.82) is 0 Å². The molecule has 0 radical (unpaired) electrons. The van der Waals surface area contributed by atoms with Gasteiger partial charge in [0.25, 0.3) is 0 Å². The van der Waals surface area contributed by atoms with Crippen LogP contribution in [0.15, 0.2) is 12.1 Å².